The van der Waals surface area contributed by atoms with E-state index in [1.165, 1.54) is 6.07 Å². The highest BCUT2D eigenvalue weighted by atomic mass is 32.2. The molecule has 1 aromatic rings. The molecule has 1 saturated carbocycles. The van der Waals surface area contributed by atoms with Crippen molar-refractivity contribution in [2.24, 2.45) is 0 Å². The lowest BCUT2D eigenvalue weighted by atomic mass is 9.92. The van der Waals surface area contributed by atoms with Crippen LogP contribution < -0.4 is 0 Å². The molecule has 2 atom stereocenters. The van der Waals surface area contributed by atoms with E-state index < -0.39 is 32.3 Å². The van der Waals surface area contributed by atoms with E-state index in [4.69, 9.17) is 0 Å². The van der Waals surface area contributed by atoms with Gasteiger partial charge in [-0.15, -0.1) is 0 Å². The van der Waals surface area contributed by atoms with Gasteiger partial charge in [0.1, 0.15) is 5.60 Å². The van der Waals surface area contributed by atoms with E-state index in [-0.39, 0.29) is 12.0 Å². The predicted octanol–water partition coefficient (Wildman–Crippen LogP) is 1.75. The standard InChI is InChI=1S/C12H14F2O3S/c1-18(16,17)11-3-2-6-12(11,15)8-4-5-9(13)10(14)7-8/h4-5,7,11,15H,2-3,6H2,1H3. The Labute approximate surface area is 104 Å². The van der Waals surface area contributed by atoms with Gasteiger partial charge in [0.2, 0.25) is 0 Å². The first kappa shape index (κ1) is 13.4. The Morgan fingerprint density at radius 1 is 1.33 bits per heavy atom. The molecule has 0 spiro atoms. The summed E-state index contributed by atoms with van der Waals surface area (Å²) in [5.41, 5.74) is -1.50. The smallest absolute Gasteiger partial charge is 0.159 e. The number of sulfone groups is 1. The van der Waals surface area contributed by atoms with Gasteiger partial charge >= 0.3 is 0 Å². The van der Waals surface area contributed by atoms with Gasteiger partial charge in [0, 0.05) is 6.26 Å². The summed E-state index contributed by atoms with van der Waals surface area (Å²) in [6.45, 7) is 0. The molecule has 0 heterocycles. The molecule has 1 aromatic carbocycles. The molecule has 0 bridgehead atoms. The van der Waals surface area contributed by atoms with Gasteiger partial charge in [-0.25, -0.2) is 17.2 Å². The van der Waals surface area contributed by atoms with Crippen molar-refractivity contribution in [3.8, 4) is 0 Å². The Hall–Kier alpha value is -1.01. The predicted molar refractivity (Wildman–Crippen MR) is 62.7 cm³/mol. The van der Waals surface area contributed by atoms with Crippen molar-refractivity contribution in [2.75, 3.05) is 6.26 Å². The summed E-state index contributed by atoms with van der Waals surface area (Å²) >= 11 is 0. The molecular weight excluding hydrogens is 262 g/mol. The Morgan fingerprint density at radius 3 is 2.56 bits per heavy atom. The summed E-state index contributed by atoms with van der Waals surface area (Å²) in [6.07, 6.45) is 2.14. The van der Waals surface area contributed by atoms with Crippen LogP contribution in [0.4, 0.5) is 8.78 Å². The molecule has 6 heteroatoms. The molecular formula is C12H14F2O3S. The maximum Gasteiger partial charge on any atom is 0.159 e. The van der Waals surface area contributed by atoms with E-state index >= 15 is 0 Å². The monoisotopic (exact) mass is 276 g/mol. The zero-order chi connectivity index (χ0) is 13.6. The van der Waals surface area contributed by atoms with Gasteiger partial charge in [-0.2, -0.15) is 0 Å². The Balaban J connectivity index is 2.50. The van der Waals surface area contributed by atoms with Crippen molar-refractivity contribution in [1.82, 2.24) is 0 Å². The molecule has 2 unspecified atom stereocenters. The van der Waals surface area contributed by atoms with E-state index in [0.717, 1.165) is 18.4 Å². The first-order chi connectivity index (χ1) is 8.25. The number of aliphatic hydroxyl groups is 1. The largest absolute Gasteiger partial charge is 0.384 e. The highest BCUT2D eigenvalue weighted by molar-refractivity contribution is 7.91. The third kappa shape index (κ3) is 2.14. The fourth-order valence-corrected chi connectivity index (χ4v) is 4.18. The van der Waals surface area contributed by atoms with Gasteiger partial charge in [0.25, 0.3) is 0 Å². The van der Waals surface area contributed by atoms with Crippen LogP contribution in [0.3, 0.4) is 0 Å². The van der Waals surface area contributed by atoms with Crippen LogP contribution in [0, 0.1) is 11.6 Å². The minimum Gasteiger partial charge on any atom is -0.384 e. The molecule has 1 N–H and O–H groups in total. The highest BCUT2D eigenvalue weighted by Gasteiger charge is 2.48. The molecule has 3 nitrogen and oxygen atoms in total. The molecule has 0 aromatic heterocycles. The van der Waals surface area contributed by atoms with Crippen LogP contribution in [0.15, 0.2) is 18.2 Å². The first-order valence-electron chi connectivity index (χ1n) is 5.62. The summed E-state index contributed by atoms with van der Waals surface area (Å²) in [5, 5.41) is 9.54. The molecule has 18 heavy (non-hydrogen) atoms. The Kier molecular flexibility index (Phi) is 3.19. The van der Waals surface area contributed by atoms with Gasteiger partial charge in [-0.1, -0.05) is 6.07 Å². The summed E-state index contributed by atoms with van der Waals surface area (Å²) in [5.74, 6) is -2.10. The van der Waals surface area contributed by atoms with E-state index in [1.807, 2.05) is 0 Å². The number of halogens is 2. The first-order valence-corrected chi connectivity index (χ1v) is 7.57. The van der Waals surface area contributed by atoms with E-state index in [9.17, 15) is 22.3 Å². The lowest BCUT2D eigenvalue weighted by molar-refractivity contribution is 0.0472. The van der Waals surface area contributed by atoms with E-state index in [0.29, 0.717) is 12.8 Å². The van der Waals surface area contributed by atoms with Gasteiger partial charge in [-0.3, -0.25) is 0 Å². The minimum atomic E-state index is -3.45. The summed E-state index contributed by atoms with van der Waals surface area (Å²) in [4.78, 5) is 0. The van der Waals surface area contributed by atoms with Crippen molar-refractivity contribution in [2.45, 2.75) is 30.1 Å². The average molecular weight is 276 g/mol. The fraction of sp³-hybridized carbons (Fsp3) is 0.500. The van der Waals surface area contributed by atoms with Crippen molar-refractivity contribution < 1.29 is 22.3 Å². The van der Waals surface area contributed by atoms with E-state index in [1.54, 1.807) is 0 Å². The normalized spacial score (nSPS) is 28.6. The molecule has 0 aliphatic heterocycles. The molecule has 0 saturated heterocycles. The van der Waals surface area contributed by atoms with Crippen molar-refractivity contribution in [1.29, 1.82) is 0 Å². The quantitative estimate of drug-likeness (QED) is 0.895. The Morgan fingerprint density at radius 2 is 2.00 bits per heavy atom. The molecule has 0 amide bonds. The lowest BCUT2D eigenvalue weighted by Crippen LogP contribution is -2.39. The average Bonchev–Trinajstić information content (AvgIpc) is 2.65. The summed E-state index contributed by atoms with van der Waals surface area (Å²) < 4.78 is 49.4. The Bertz CT molecular complexity index is 571. The van der Waals surface area contributed by atoms with Crippen LogP contribution in [-0.2, 0) is 15.4 Å². The molecule has 1 aliphatic carbocycles. The van der Waals surface area contributed by atoms with Crippen LogP contribution >= 0.6 is 0 Å². The van der Waals surface area contributed by atoms with Gasteiger partial charge in [-0.05, 0) is 37.0 Å². The second-order valence-corrected chi connectivity index (χ2v) is 6.99. The second-order valence-electron chi connectivity index (χ2n) is 4.76. The van der Waals surface area contributed by atoms with Crippen LogP contribution in [-0.4, -0.2) is 25.0 Å². The zero-order valence-electron chi connectivity index (χ0n) is 9.86. The third-order valence-corrected chi connectivity index (χ3v) is 5.15. The lowest BCUT2D eigenvalue weighted by Gasteiger charge is -2.29. The third-order valence-electron chi connectivity index (χ3n) is 3.49. The molecule has 1 aliphatic rings. The van der Waals surface area contributed by atoms with Crippen molar-refractivity contribution >= 4 is 9.84 Å². The topological polar surface area (TPSA) is 54.4 Å². The van der Waals surface area contributed by atoms with Gasteiger partial charge < -0.3 is 5.11 Å². The highest BCUT2D eigenvalue weighted by Crippen LogP contribution is 2.42. The molecule has 2 rings (SSSR count). The maximum absolute atomic E-state index is 13.2. The van der Waals surface area contributed by atoms with Crippen LogP contribution in [0.5, 0.6) is 0 Å². The van der Waals surface area contributed by atoms with Gasteiger partial charge in [0.15, 0.2) is 21.5 Å². The van der Waals surface area contributed by atoms with Crippen LogP contribution in [0.2, 0.25) is 0 Å². The number of rotatable bonds is 2. The number of hydrogen-bond donors (Lipinski definition) is 1. The molecule has 100 valence electrons. The fourth-order valence-electron chi connectivity index (χ4n) is 2.62. The summed E-state index contributed by atoms with van der Waals surface area (Å²) in [6, 6.07) is 3.01. The van der Waals surface area contributed by atoms with Gasteiger partial charge in [0.05, 0.1) is 5.25 Å². The number of benzene rings is 1. The van der Waals surface area contributed by atoms with Crippen molar-refractivity contribution in [3.05, 3.63) is 35.4 Å². The maximum atomic E-state index is 13.2. The number of hydrogen-bond acceptors (Lipinski definition) is 3. The van der Waals surface area contributed by atoms with Crippen LogP contribution in [0.1, 0.15) is 24.8 Å². The SMILES string of the molecule is CS(=O)(=O)C1CCCC1(O)c1ccc(F)c(F)c1. The van der Waals surface area contributed by atoms with E-state index in [2.05, 4.69) is 0 Å². The molecule has 1 fully saturated rings. The summed E-state index contributed by atoms with van der Waals surface area (Å²) in [7, 11) is -3.45. The second kappa shape index (κ2) is 4.28. The molecule has 0 radical (unpaired) electrons. The van der Waals surface area contributed by atoms with Crippen LogP contribution in [0.25, 0.3) is 0 Å². The minimum absolute atomic E-state index is 0.120. The zero-order valence-corrected chi connectivity index (χ0v) is 10.7. The van der Waals surface area contributed by atoms with Crippen molar-refractivity contribution in [3.63, 3.8) is 0 Å².